The zero-order chi connectivity index (χ0) is 16.2. The number of benzene rings is 2. The van der Waals surface area contributed by atoms with Gasteiger partial charge in [-0.1, -0.05) is 48.5 Å². The van der Waals surface area contributed by atoms with E-state index < -0.39 is 12.0 Å². The molecular formula is C17H16N2O4. The van der Waals surface area contributed by atoms with E-state index in [1.54, 1.807) is 0 Å². The van der Waals surface area contributed by atoms with E-state index in [4.69, 9.17) is 9.94 Å². The Balaban J connectivity index is 1.71. The van der Waals surface area contributed by atoms with Gasteiger partial charge in [0.2, 0.25) is 0 Å². The largest absolute Gasteiger partial charge is 0.449 e. The summed E-state index contributed by atoms with van der Waals surface area (Å²) in [5.41, 5.74) is 5.97. The van der Waals surface area contributed by atoms with Gasteiger partial charge < -0.3 is 10.1 Å². The van der Waals surface area contributed by atoms with Crippen molar-refractivity contribution in [3.8, 4) is 11.1 Å². The van der Waals surface area contributed by atoms with Gasteiger partial charge in [-0.2, -0.15) is 0 Å². The second kappa shape index (κ2) is 6.50. The summed E-state index contributed by atoms with van der Waals surface area (Å²) in [6.45, 7) is -0.159. The van der Waals surface area contributed by atoms with Crippen molar-refractivity contribution in [2.24, 2.45) is 0 Å². The number of hydrogen-bond donors (Lipinski definition) is 3. The van der Waals surface area contributed by atoms with E-state index in [2.05, 4.69) is 17.4 Å². The lowest BCUT2D eigenvalue weighted by atomic mass is 9.98. The molecule has 1 aliphatic carbocycles. The van der Waals surface area contributed by atoms with Crippen LogP contribution in [0.1, 0.15) is 17.0 Å². The van der Waals surface area contributed by atoms with Gasteiger partial charge in [0.05, 0.1) is 0 Å². The van der Waals surface area contributed by atoms with Gasteiger partial charge in [0.1, 0.15) is 13.2 Å². The summed E-state index contributed by atoms with van der Waals surface area (Å²) in [6, 6.07) is 16.1. The van der Waals surface area contributed by atoms with Crippen molar-refractivity contribution in [1.29, 1.82) is 0 Å². The SMILES string of the molecule is O=C(CNC(=O)OCC1c2ccccc2-c2ccccc21)NO. The van der Waals surface area contributed by atoms with Crippen molar-refractivity contribution < 1.29 is 19.5 Å². The molecule has 0 fully saturated rings. The van der Waals surface area contributed by atoms with E-state index in [1.165, 1.54) is 5.48 Å². The molecule has 0 atom stereocenters. The van der Waals surface area contributed by atoms with Crippen molar-refractivity contribution in [3.05, 3.63) is 59.7 Å². The molecule has 118 valence electrons. The molecule has 2 aromatic rings. The zero-order valence-corrected chi connectivity index (χ0v) is 12.3. The Morgan fingerprint density at radius 2 is 1.57 bits per heavy atom. The smallest absolute Gasteiger partial charge is 0.407 e. The third-order valence-electron chi connectivity index (χ3n) is 3.86. The highest BCUT2D eigenvalue weighted by atomic mass is 16.5. The lowest BCUT2D eigenvalue weighted by Crippen LogP contribution is -2.36. The Labute approximate surface area is 133 Å². The standard InChI is InChI=1S/C17H16N2O4/c20-16(19-22)9-18-17(21)23-10-15-13-7-3-1-5-11(13)12-6-2-4-8-14(12)15/h1-8,15,22H,9-10H2,(H,18,21)(H,19,20). The Hall–Kier alpha value is -2.86. The number of fused-ring (bicyclic) bond motifs is 3. The first kappa shape index (κ1) is 15.1. The number of hydrogen-bond acceptors (Lipinski definition) is 4. The maximum atomic E-state index is 11.6. The van der Waals surface area contributed by atoms with Crippen molar-refractivity contribution in [2.75, 3.05) is 13.2 Å². The van der Waals surface area contributed by atoms with Crippen molar-refractivity contribution in [3.63, 3.8) is 0 Å². The molecule has 0 heterocycles. The second-order valence-electron chi connectivity index (χ2n) is 5.21. The molecule has 0 bridgehead atoms. The number of hydroxylamine groups is 1. The third-order valence-corrected chi connectivity index (χ3v) is 3.86. The fourth-order valence-corrected chi connectivity index (χ4v) is 2.84. The van der Waals surface area contributed by atoms with Crippen LogP contribution >= 0.6 is 0 Å². The Kier molecular flexibility index (Phi) is 4.25. The molecule has 0 aliphatic heterocycles. The molecule has 2 aromatic carbocycles. The van der Waals surface area contributed by atoms with Crippen LogP contribution in [0.4, 0.5) is 4.79 Å². The number of rotatable bonds is 4. The third kappa shape index (κ3) is 3.02. The first-order chi connectivity index (χ1) is 11.2. The van der Waals surface area contributed by atoms with Gasteiger partial charge in [0.25, 0.3) is 5.91 Å². The first-order valence-corrected chi connectivity index (χ1v) is 7.22. The summed E-state index contributed by atoms with van der Waals surface area (Å²) in [4.78, 5) is 22.5. The summed E-state index contributed by atoms with van der Waals surface area (Å²) in [5.74, 6) is -0.738. The maximum Gasteiger partial charge on any atom is 0.407 e. The fraction of sp³-hybridized carbons (Fsp3) is 0.176. The highest BCUT2D eigenvalue weighted by Crippen LogP contribution is 2.44. The van der Waals surface area contributed by atoms with E-state index in [0.29, 0.717) is 0 Å². The van der Waals surface area contributed by atoms with E-state index in [1.807, 2.05) is 36.4 Å². The van der Waals surface area contributed by atoms with Crippen molar-refractivity contribution in [2.45, 2.75) is 5.92 Å². The first-order valence-electron chi connectivity index (χ1n) is 7.22. The molecule has 2 amide bonds. The van der Waals surface area contributed by atoms with Gasteiger partial charge in [-0.05, 0) is 22.3 Å². The topological polar surface area (TPSA) is 87.7 Å². The molecule has 23 heavy (non-hydrogen) atoms. The Bertz CT molecular complexity index is 699. The number of carbonyl (C=O) groups is 2. The van der Waals surface area contributed by atoms with Crippen LogP contribution in [0.2, 0.25) is 0 Å². The number of nitrogens with one attached hydrogen (secondary N) is 2. The normalized spacial score (nSPS) is 12.2. The summed E-state index contributed by atoms with van der Waals surface area (Å²) < 4.78 is 5.22. The predicted octanol–water partition coefficient (Wildman–Crippen LogP) is 2.03. The second-order valence-corrected chi connectivity index (χ2v) is 5.21. The van der Waals surface area contributed by atoms with Crippen LogP contribution in [0.15, 0.2) is 48.5 Å². The average Bonchev–Trinajstić information content (AvgIpc) is 2.92. The van der Waals surface area contributed by atoms with Gasteiger partial charge in [0, 0.05) is 5.92 Å². The number of carbonyl (C=O) groups excluding carboxylic acids is 2. The van der Waals surface area contributed by atoms with Crippen LogP contribution in [-0.2, 0) is 9.53 Å². The summed E-state index contributed by atoms with van der Waals surface area (Å²) in [7, 11) is 0. The Morgan fingerprint density at radius 3 is 2.13 bits per heavy atom. The fourth-order valence-electron chi connectivity index (χ4n) is 2.84. The predicted molar refractivity (Wildman–Crippen MR) is 83.0 cm³/mol. The van der Waals surface area contributed by atoms with Crippen molar-refractivity contribution >= 4 is 12.0 Å². The molecule has 3 rings (SSSR count). The summed E-state index contributed by atoms with van der Waals surface area (Å²) in [5, 5.41) is 10.6. The minimum absolute atomic E-state index is 0.0279. The van der Waals surface area contributed by atoms with Gasteiger partial charge >= 0.3 is 6.09 Å². The molecule has 0 saturated heterocycles. The number of amides is 2. The van der Waals surface area contributed by atoms with Crippen LogP contribution in [0, 0.1) is 0 Å². The highest BCUT2D eigenvalue weighted by molar-refractivity contribution is 5.81. The van der Waals surface area contributed by atoms with Crippen molar-refractivity contribution in [1.82, 2.24) is 10.8 Å². The van der Waals surface area contributed by atoms with Crippen LogP contribution < -0.4 is 10.8 Å². The molecule has 0 unspecified atom stereocenters. The molecular weight excluding hydrogens is 296 g/mol. The molecule has 6 heteroatoms. The van der Waals surface area contributed by atoms with Gasteiger partial charge in [0.15, 0.2) is 0 Å². The average molecular weight is 312 g/mol. The van der Waals surface area contributed by atoms with Crippen LogP contribution in [0.3, 0.4) is 0 Å². The molecule has 1 aliphatic rings. The minimum atomic E-state index is -0.710. The quantitative estimate of drug-likeness (QED) is 0.595. The van der Waals surface area contributed by atoms with Gasteiger partial charge in [-0.15, -0.1) is 0 Å². The van der Waals surface area contributed by atoms with Crippen LogP contribution in [0.5, 0.6) is 0 Å². The summed E-state index contributed by atoms with van der Waals surface area (Å²) >= 11 is 0. The molecule has 0 saturated carbocycles. The lowest BCUT2D eigenvalue weighted by Gasteiger charge is -2.14. The van der Waals surface area contributed by atoms with Gasteiger partial charge in [-0.25, -0.2) is 10.3 Å². The highest BCUT2D eigenvalue weighted by Gasteiger charge is 2.28. The molecule has 6 nitrogen and oxygen atoms in total. The van der Waals surface area contributed by atoms with E-state index in [0.717, 1.165) is 22.3 Å². The summed E-state index contributed by atoms with van der Waals surface area (Å²) in [6.07, 6.45) is -0.699. The molecule has 0 aromatic heterocycles. The number of alkyl carbamates (subject to hydrolysis) is 1. The van der Waals surface area contributed by atoms with E-state index >= 15 is 0 Å². The molecule has 0 spiro atoms. The Morgan fingerprint density at radius 1 is 1.00 bits per heavy atom. The van der Waals surface area contributed by atoms with E-state index in [9.17, 15) is 9.59 Å². The molecule has 0 radical (unpaired) electrons. The minimum Gasteiger partial charge on any atom is -0.449 e. The molecule has 3 N–H and O–H groups in total. The lowest BCUT2D eigenvalue weighted by molar-refractivity contribution is -0.128. The van der Waals surface area contributed by atoms with Crippen LogP contribution in [-0.4, -0.2) is 30.4 Å². The van der Waals surface area contributed by atoms with Gasteiger partial charge in [-0.3, -0.25) is 10.0 Å². The monoisotopic (exact) mass is 312 g/mol. The zero-order valence-electron chi connectivity index (χ0n) is 12.3. The van der Waals surface area contributed by atoms with Crippen LogP contribution in [0.25, 0.3) is 11.1 Å². The number of ether oxygens (including phenoxy) is 1. The maximum absolute atomic E-state index is 11.6. The van der Waals surface area contributed by atoms with E-state index in [-0.39, 0.29) is 19.1 Å².